The van der Waals surface area contributed by atoms with E-state index in [0.717, 1.165) is 11.3 Å². The van der Waals surface area contributed by atoms with Crippen molar-refractivity contribution in [3.63, 3.8) is 0 Å². The van der Waals surface area contributed by atoms with Gasteiger partial charge in [-0.1, -0.05) is 19.1 Å². The second-order valence-corrected chi connectivity index (χ2v) is 7.13. The van der Waals surface area contributed by atoms with Crippen molar-refractivity contribution >= 4 is 15.9 Å². The second kappa shape index (κ2) is 8.68. The predicted octanol–water partition coefficient (Wildman–Crippen LogP) is 1.93. The molecule has 0 spiro atoms. The molecule has 0 saturated heterocycles. The summed E-state index contributed by atoms with van der Waals surface area (Å²) in [5, 5.41) is 2.77. The molecule has 0 radical (unpaired) electrons. The summed E-state index contributed by atoms with van der Waals surface area (Å²) < 4.78 is 37.2. The van der Waals surface area contributed by atoms with Crippen LogP contribution in [0.2, 0.25) is 0 Å². The maximum atomic E-state index is 12.4. The van der Waals surface area contributed by atoms with Crippen LogP contribution in [0.25, 0.3) is 0 Å². The highest BCUT2D eigenvalue weighted by atomic mass is 32.2. The number of sulfonamides is 1. The molecule has 1 amide bonds. The van der Waals surface area contributed by atoms with E-state index < -0.39 is 10.0 Å². The number of hydrogen-bond donors (Lipinski definition) is 2. The molecule has 0 aromatic heterocycles. The lowest BCUT2D eigenvalue weighted by Crippen LogP contribution is -2.26. The summed E-state index contributed by atoms with van der Waals surface area (Å²) in [6.45, 7) is 2.22. The number of benzene rings is 2. The minimum atomic E-state index is -3.75. The minimum Gasteiger partial charge on any atom is -0.497 e. The van der Waals surface area contributed by atoms with E-state index in [1.165, 1.54) is 25.3 Å². The highest BCUT2D eigenvalue weighted by molar-refractivity contribution is 7.89. The molecule has 140 valence electrons. The maximum Gasteiger partial charge on any atom is 0.251 e. The van der Waals surface area contributed by atoms with Crippen LogP contribution in [0.1, 0.15) is 22.8 Å². The quantitative estimate of drug-likeness (QED) is 0.732. The molecule has 2 rings (SSSR count). The van der Waals surface area contributed by atoms with Gasteiger partial charge in [0.1, 0.15) is 16.4 Å². The molecule has 2 aromatic carbocycles. The summed E-state index contributed by atoms with van der Waals surface area (Å²) in [4.78, 5) is 12.3. The fourth-order valence-corrected chi connectivity index (χ4v) is 3.56. The van der Waals surface area contributed by atoms with Gasteiger partial charge in [-0.05, 0) is 35.9 Å². The van der Waals surface area contributed by atoms with Gasteiger partial charge < -0.3 is 14.8 Å². The Morgan fingerprint density at radius 2 is 1.73 bits per heavy atom. The molecule has 0 aliphatic heterocycles. The van der Waals surface area contributed by atoms with Crippen LogP contribution in [0.4, 0.5) is 0 Å². The van der Waals surface area contributed by atoms with Crippen LogP contribution in [-0.4, -0.2) is 35.1 Å². The van der Waals surface area contributed by atoms with Crippen molar-refractivity contribution in [1.82, 2.24) is 10.0 Å². The van der Waals surface area contributed by atoms with Crippen molar-refractivity contribution in [3.8, 4) is 11.5 Å². The molecule has 0 aliphatic carbocycles. The predicted molar refractivity (Wildman–Crippen MR) is 98.0 cm³/mol. The van der Waals surface area contributed by atoms with Crippen molar-refractivity contribution < 1.29 is 22.7 Å². The third-order valence-corrected chi connectivity index (χ3v) is 5.23. The Balaban J connectivity index is 2.18. The van der Waals surface area contributed by atoms with Gasteiger partial charge in [-0.15, -0.1) is 0 Å². The standard InChI is InChI=1S/C18H22N2O5S/c1-4-20-26(22,23)17-11-14(7-10-16(17)25-3)18(21)19-12-13-5-8-15(24-2)9-6-13/h5-11,20H,4,12H2,1-3H3,(H,19,21). The molecule has 0 aliphatic rings. The first kappa shape index (κ1) is 19.7. The summed E-state index contributed by atoms with van der Waals surface area (Å²) >= 11 is 0. The highest BCUT2D eigenvalue weighted by Crippen LogP contribution is 2.24. The molecule has 8 heteroatoms. The van der Waals surface area contributed by atoms with Gasteiger partial charge in [-0.3, -0.25) is 4.79 Å². The van der Waals surface area contributed by atoms with E-state index in [1.807, 2.05) is 12.1 Å². The topological polar surface area (TPSA) is 93.7 Å². The van der Waals surface area contributed by atoms with Gasteiger partial charge in [0.05, 0.1) is 14.2 Å². The van der Waals surface area contributed by atoms with Crippen molar-refractivity contribution in [2.24, 2.45) is 0 Å². The van der Waals surface area contributed by atoms with Gasteiger partial charge in [0, 0.05) is 18.7 Å². The molecule has 0 heterocycles. The molecule has 26 heavy (non-hydrogen) atoms. The van der Waals surface area contributed by atoms with Crippen LogP contribution >= 0.6 is 0 Å². The Kier molecular flexibility index (Phi) is 6.59. The number of nitrogens with one attached hydrogen (secondary N) is 2. The largest absolute Gasteiger partial charge is 0.497 e. The lowest BCUT2D eigenvalue weighted by Gasteiger charge is -2.12. The Labute approximate surface area is 153 Å². The van der Waals surface area contributed by atoms with Crippen molar-refractivity contribution in [2.75, 3.05) is 20.8 Å². The average molecular weight is 378 g/mol. The van der Waals surface area contributed by atoms with Crippen LogP contribution in [-0.2, 0) is 16.6 Å². The molecule has 2 aromatic rings. The van der Waals surface area contributed by atoms with Crippen molar-refractivity contribution in [3.05, 3.63) is 53.6 Å². The van der Waals surface area contributed by atoms with E-state index in [2.05, 4.69) is 10.0 Å². The zero-order valence-electron chi connectivity index (χ0n) is 14.9. The third-order valence-electron chi connectivity index (χ3n) is 3.66. The Bertz CT molecular complexity index is 864. The number of amides is 1. The lowest BCUT2D eigenvalue weighted by atomic mass is 10.2. The molecule has 0 atom stereocenters. The van der Waals surface area contributed by atoms with E-state index in [1.54, 1.807) is 26.2 Å². The summed E-state index contributed by atoms with van der Waals surface area (Å²) in [7, 11) is -0.791. The van der Waals surface area contributed by atoms with Crippen molar-refractivity contribution in [2.45, 2.75) is 18.4 Å². The first-order valence-corrected chi connectivity index (χ1v) is 9.48. The first-order chi connectivity index (χ1) is 12.4. The van der Waals surface area contributed by atoms with Crippen LogP contribution in [0.15, 0.2) is 47.4 Å². The number of carbonyl (C=O) groups excluding carboxylic acids is 1. The SMILES string of the molecule is CCNS(=O)(=O)c1cc(C(=O)NCc2ccc(OC)cc2)ccc1OC. The van der Waals surface area contributed by atoms with Gasteiger partial charge in [-0.25, -0.2) is 13.1 Å². The Hall–Kier alpha value is -2.58. The third kappa shape index (κ3) is 4.74. The van der Waals surface area contributed by atoms with E-state index in [4.69, 9.17) is 9.47 Å². The van der Waals surface area contributed by atoms with E-state index >= 15 is 0 Å². The average Bonchev–Trinajstić information content (AvgIpc) is 2.66. The molecule has 0 fully saturated rings. The first-order valence-electron chi connectivity index (χ1n) is 8.00. The number of carbonyl (C=O) groups is 1. The minimum absolute atomic E-state index is 0.0704. The zero-order valence-corrected chi connectivity index (χ0v) is 15.7. The van der Waals surface area contributed by atoms with Crippen LogP contribution in [0.5, 0.6) is 11.5 Å². The number of hydrogen-bond acceptors (Lipinski definition) is 5. The second-order valence-electron chi connectivity index (χ2n) is 5.40. The van der Waals surface area contributed by atoms with Crippen LogP contribution < -0.4 is 19.5 Å². The van der Waals surface area contributed by atoms with E-state index in [-0.39, 0.29) is 28.7 Å². The molecular weight excluding hydrogens is 356 g/mol. The Morgan fingerprint density at radius 1 is 1.04 bits per heavy atom. The lowest BCUT2D eigenvalue weighted by molar-refractivity contribution is 0.0950. The summed E-state index contributed by atoms with van der Waals surface area (Å²) in [6, 6.07) is 11.6. The van der Waals surface area contributed by atoms with E-state index in [9.17, 15) is 13.2 Å². The molecular formula is C18H22N2O5S. The van der Waals surface area contributed by atoms with Gasteiger partial charge in [0.15, 0.2) is 0 Å². The van der Waals surface area contributed by atoms with E-state index in [0.29, 0.717) is 6.54 Å². The molecule has 7 nitrogen and oxygen atoms in total. The van der Waals surface area contributed by atoms with Crippen LogP contribution in [0.3, 0.4) is 0 Å². The molecule has 0 saturated carbocycles. The van der Waals surface area contributed by atoms with Gasteiger partial charge >= 0.3 is 0 Å². The number of methoxy groups -OCH3 is 2. The highest BCUT2D eigenvalue weighted by Gasteiger charge is 2.20. The van der Waals surface area contributed by atoms with Crippen LogP contribution in [0, 0.1) is 0 Å². The fraction of sp³-hybridized carbons (Fsp3) is 0.278. The fourth-order valence-electron chi connectivity index (χ4n) is 2.32. The molecule has 2 N–H and O–H groups in total. The Morgan fingerprint density at radius 3 is 2.31 bits per heavy atom. The monoisotopic (exact) mass is 378 g/mol. The normalized spacial score (nSPS) is 11.0. The summed E-state index contributed by atoms with van der Waals surface area (Å²) in [6.07, 6.45) is 0. The number of rotatable bonds is 8. The summed E-state index contributed by atoms with van der Waals surface area (Å²) in [5.41, 5.74) is 1.13. The van der Waals surface area contributed by atoms with Gasteiger partial charge in [-0.2, -0.15) is 0 Å². The molecule has 0 unspecified atom stereocenters. The zero-order chi connectivity index (χ0) is 19.2. The van der Waals surface area contributed by atoms with Gasteiger partial charge in [0.25, 0.3) is 5.91 Å². The number of ether oxygens (including phenoxy) is 2. The maximum absolute atomic E-state index is 12.4. The summed E-state index contributed by atoms with van der Waals surface area (Å²) in [5.74, 6) is 0.530. The molecule has 0 bridgehead atoms. The van der Waals surface area contributed by atoms with Gasteiger partial charge in [0.2, 0.25) is 10.0 Å². The van der Waals surface area contributed by atoms with Crippen molar-refractivity contribution in [1.29, 1.82) is 0 Å². The smallest absolute Gasteiger partial charge is 0.251 e.